The minimum Gasteiger partial charge on any atom is -0.317 e. The van der Waals surface area contributed by atoms with Gasteiger partial charge in [0.2, 0.25) is 5.91 Å². The minimum atomic E-state index is 0.195. The highest BCUT2D eigenvalue weighted by atomic mass is 79.9. The van der Waals surface area contributed by atoms with Crippen LogP contribution in [0.4, 0.5) is 5.00 Å². The molecular formula is C13H19BrN2OS. The van der Waals surface area contributed by atoms with Crippen molar-refractivity contribution in [1.82, 2.24) is 5.32 Å². The minimum absolute atomic E-state index is 0.195. The van der Waals surface area contributed by atoms with Crippen LogP contribution in [0.5, 0.6) is 0 Å². The van der Waals surface area contributed by atoms with Crippen molar-refractivity contribution in [3.63, 3.8) is 0 Å². The van der Waals surface area contributed by atoms with Crippen LogP contribution in [-0.2, 0) is 4.79 Å². The maximum atomic E-state index is 12.4. The molecule has 0 aliphatic heterocycles. The Morgan fingerprint density at radius 2 is 2.11 bits per heavy atom. The fourth-order valence-corrected chi connectivity index (χ4v) is 3.88. The average molecular weight is 331 g/mol. The molecule has 0 bridgehead atoms. The average Bonchev–Trinajstić information content (AvgIpc) is 2.84. The molecule has 1 fully saturated rings. The lowest BCUT2D eigenvalue weighted by molar-refractivity contribution is -0.123. The first-order valence-corrected chi connectivity index (χ1v) is 7.98. The van der Waals surface area contributed by atoms with Crippen molar-refractivity contribution in [3.05, 3.63) is 15.9 Å². The van der Waals surface area contributed by atoms with Gasteiger partial charge in [-0.3, -0.25) is 4.79 Å². The Balaban J connectivity index is 1.95. The number of nitrogens with one attached hydrogen (secondary N) is 1. The van der Waals surface area contributed by atoms with E-state index in [1.165, 1.54) is 0 Å². The summed E-state index contributed by atoms with van der Waals surface area (Å²) in [4.78, 5) is 14.2. The van der Waals surface area contributed by atoms with Gasteiger partial charge in [0, 0.05) is 28.9 Å². The number of rotatable bonds is 3. The molecular weight excluding hydrogens is 312 g/mol. The van der Waals surface area contributed by atoms with Gasteiger partial charge >= 0.3 is 0 Å². The van der Waals surface area contributed by atoms with E-state index in [1.807, 2.05) is 25.5 Å². The van der Waals surface area contributed by atoms with Gasteiger partial charge in [-0.05, 0) is 54.7 Å². The number of hydrogen-bond donors (Lipinski definition) is 1. The molecule has 3 nitrogen and oxygen atoms in total. The van der Waals surface area contributed by atoms with Crippen molar-refractivity contribution in [2.75, 3.05) is 19.0 Å². The van der Waals surface area contributed by atoms with Crippen LogP contribution in [0.15, 0.2) is 15.9 Å². The lowest BCUT2D eigenvalue weighted by Crippen LogP contribution is -2.38. The molecule has 0 saturated heterocycles. The molecule has 100 valence electrons. The lowest BCUT2D eigenvalue weighted by Gasteiger charge is -2.29. The van der Waals surface area contributed by atoms with Crippen LogP contribution in [0.25, 0.3) is 0 Å². The molecule has 5 heteroatoms. The number of hydrogen-bond acceptors (Lipinski definition) is 3. The summed E-state index contributed by atoms with van der Waals surface area (Å²) in [5.41, 5.74) is 0. The molecule has 0 atom stereocenters. The Bertz CT molecular complexity index is 413. The molecule has 0 radical (unpaired) electrons. The molecule has 1 saturated carbocycles. The molecule has 0 unspecified atom stereocenters. The summed E-state index contributed by atoms with van der Waals surface area (Å²) in [6, 6.07) is 2.59. The van der Waals surface area contributed by atoms with Gasteiger partial charge in [-0.2, -0.15) is 0 Å². The van der Waals surface area contributed by atoms with E-state index < -0.39 is 0 Å². The van der Waals surface area contributed by atoms with Crippen molar-refractivity contribution < 1.29 is 4.79 Å². The van der Waals surface area contributed by atoms with E-state index in [0.717, 1.165) is 35.2 Å². The summed E-state index contributed by atoms with van der Waals surface area (Å²) in [7, 11) is 3.88. The second-order valence-corrected chi connectivity index (χ2v) is 6.64. The first-order valence-electron chi connectivity index (χ1n) is 6.30. The number of amides is 1. The third kappa shape index (κ3) is 3.13. The normalized spacial score (nSPS) is 23.9. The maximum absolute atomic E-state index is 12.4. The van der Waals surface area contributed by atoms with Gasteiger partial charge in [0.25, 0.3) is 0 Å². The molecule has 0 spiro atoms. The van der Waals surface area contributed by atoms with Crippen LogP contribution in [0.3, 0.4) is 0 Å². The van der Waals surface area contributed by atoms with E-state index in [0.29, 0.717) is 6.04 Å². The number of nitrogens with zero attached hydrogens (tertiary/aromatic N) is 1. The van der Waals surface area contributed by atoms with Gasteiger partial charge in [-0.25, -0.2) is 0 Å². The monoisotopic (exact) mass is 330 g/mol. The highest BCUT2D eigenvalue weighted by Crippen LogP contribution is 2.31. The summed E-state index contributed by atoms with van der Waals surface area (Å²) in [5.74, 6) is 0.458. The summed E-state index contributed by atoms with van der Waals surface area (Å²) in [5, 5.41) is 6.33. The highest BCUT2D eigenvalue weighted by molar-refractivity contribution is 9.10. The molecule has 18 heavy (non-hydrogen) atoms. The van der Waals surface area contributed by atoms with Crippen molar-refractivity contribution in [1.29, 1.82) is 0 Å². The smallest absolute Gasteiger partial charge is 0.230 e. The van der Waals surface area contributed by atoms with E-state index in [1.54, 1.807) is 16.2 Å². The van der Waals surface area contributed by atoms with Crippen LogP contribution in [0.2, 0.25) is 0 Å². The van der Waals surface area contributed by atoms with Crippen LogP contribution in [0.1, 0.15) is 25.7 Å². The topological polar surface area (TPSA) is 32.3 Å². The van der Waals surface area contributed by atoms with Gasteiger partial charge in [0.05, 0.1) is 5.00 Å². The molecule has 1 aliphatic carbocycles. The van der Waals surface area contributed by atoms with E-state index in [2.05, 4.69) is 21.2 Å². The Kier molecular flexibility index (Phi) is 4.81. The Labute approximate surface area is 121 Å². The Morgan fingerprint density at radius 1 is 1.44 bits per heavy atom. The molecule has 1 N–H and O–H groups in total. The predicted octanol–water partition coefficient (Wildman–Crippen LogP) is 3.25. The largest absolute Gasteiger partial charge is 0.317 e. The van der Waals surface area contributed by atoms with Crippen LogP contribution in [0, 0.1) is 5.92 Å². The number of carbonyl (C=O) groups is 1. The summed E-state index contributed by atoms with van der Waals surface area (Å²) >= 11 is 5.03. The van der Waals surface area contributed by atoms with E-state index >= 15 is 0 Å². The quantitative estimate of drug-likeness (QED) is 0.922. The van der Waals surface area contributed by atoms with Gasteiger partial charge < -0.3 is 10.2 Å². The van der Waals surface area contributed by atoms with Crippen molar-refractivity contribution in [3.8, 4) is 0 Å². The van der Waals surface area contributed by atoms with Crippen LogP contribution in [-0.4, -0.2) is 26.0 Å². The van der Waals surface area contributed by atoms with E-state index in [-0.39, 0.29) is 11.8 Å². The maximum Gasteiger partial charge on any atom is 0.230 e. The van der Waals surface area contributed by atoms with Crippen molar-refractivity contribution in [2.24, 2.45) is 5.92 Å². The number of thiophene rings is 1. The SMILES string of the molecule is CNC1CCC(C(=O)N(C)c2cc(Br)cs2)CC1. The summed E-state index contributed by atoms with van der Waals surface area (Å²) in [6.45, 7) is 0. The number of carbonyl (C=O) groups excluding carboxylic acids is 1. The van der Waals surface area contributed by atoms with Crippen molar-refractivity contribution >= 4 is 38.2 Å². The summed E-state index contributed by atoms with van der Waals surface area (Å²) < 4.78 is 1.04. The molecule has 1 amide bonds. The predicted molar refractivity (Wildman–Crippen MR) is 80.2 cm³/mol. The second kappa shape index (κ2) is 6.17. The van der Waals surface area contributed by atoms with Crippen molar-refractivity contribution in [2.45, 2.75) is 31.7 Å². The fourth-order valence-electron chi connectivity index (χ4n) is 2.49. The highest BCUT2D eigenvalue weighted by Gasteiger charge is 2.28. The zero-order chi connectivity index (χ0) is 13.1. The van der Waals surface area contributed by atoms with E-state index in [4.69, 9.17) is 0 Å². The Hall–Kier alpha value is -0.390. The van der Waals surface area contributed by atoms with Gasteiger partial charge in [0.1, 0.15) is 0 Å². The Morgan fingerprint density at radius 3 is 2.61 bits per heavy atom. The van der Waals surface area contributed by atoms with Gasteiger partial charge in [0.15, 0.2) is 0 Å². The van der Waals surface area contributed by atoms with Gasteiger partial charge in [-0.1, -0.05) is 0 Å². The third-order valence-electron chi connectivity index (χ3n) is 3.70. The van der Waals surface area contributed by atoms with E-state index in [9.17, 15) is 4.79 Å². The molecule has 1 aliphatic rings. The zero-order valence-corrected chi connectivity index (χ0v) is 13.2. The number of anilines is 1. The first kappa shape index (κ1) is 14.0. The molecule has 1 aromatic rings. The standard InChI is InChI=1S/C13H19BrN2OS/c1-15-11-5-3-9(4-6-11)13(17)16(2)12-7-10(14)8-18-12/h7-9,11,15H,3-6H2,1-2H3. The fraction of sp³-hybridized carbons (Fsp3) is 0.615. The molecule has 1 aromatic heterocycles. The zero-order valence-electron chi connectivity index (χ0n) is 10.8. The lowest BCUT2D eigenvalue weighted by atomic mass is 9.85. The molecule has 0 aromatic carbocycles. The summed E-state index contributed by atoms with van der Waals surface area (Å²) in [6.07, 6.45) is 4.21. The first-order chi connectivity index (χ1) is 8.61. The molecule has 1 heterocycles. The third-order valence-corrected chi connectivity index (χ3v) is 5.47. The molecule has 2 rings (SSSR count). The van der Waals surface area contributed by atoms with Gasteiger partial charge in [-0.15, -0.1) is 11.3 Å². The second-order valence-electron chi connectivity index (χ2n) is 4.84. The van der Waals surface area contributed by atoms with Crippen LogP contribution >= 0.6 is 27.3 Å². The number of halogens is 1. The van der Waals surface area contributed by atoms with Crippen LogP contribution < -0.4 is 10.2 Å².